The van der Waals surface area contributed by atoms with Gasteiger partial charge >= 0.3 is 0 Å². The second-order valence-corrected chi connectivity index (χ2v) is 6.15. The lowest BCUT2D eigenvalue weighted by Gasteiger charge is -2.18. The lowest BCUT2D eigenvalue weighted by molar-refractivity contribution is 1.32. The van der Waals surface area contributed by atoms with Crippen LogP contribution in [-0.4, -0.2) is 23.5 Å². The Balaban J connectivity index is 2.63. The molecule has 0 atom stereocenters. The van der Waals surface area contributed by atoms with Crippen molar-refractivity contribution in [3.63, 3.8) is 0 Å². The van der Waals surface area contributed by atoms with Crippen molar-refractivity contribution >= 4 is 61.5 Å². The maximum atomic E-state index is 2.37. The average Bonchev–Trinajstić information content (AvgIpc) is 2.42. The van der Waals surface area contributed by atoms with Crippen molar-refractivity contribution in [3.05, 3.63) is 41.0 Å². The second kappa shape index (κ2) is 4.44. The van der Waals surface area contributed by atoms with Gasteiger partial charge in [-0.25, -0.2) is 0 Å². The van der Waals surface area contributed by atoms with E-state index >= 15 is 0 Å². The van der Waals surface area contributed by atoms with Gasteiger partial charge in [0.05, 0.1) is 0 Å². The summed E-state index contributed by atoms with van der Waals surface area (Å²) in [5, 5.41) is 5.61. The maximum Gasteiger partial charge on any atom is 0.140 e. The largest absolute Gasteiger partial charge is 0.140 e. The van der Waals surface area contributed by atoms with E-state index < -0.39 is 0 Å². The highest BCUT2D eigenvalue weighted by Crippen LogP contribution is 2.25. The molecular formula is C17H19B3. The van der Waals surface area contributed by atoms with E-state index in [2.05, 4.69) is 68.6 Å². The summed E-state index contributed by atoms with van der Waals surface area (Å²) in [5.74, 6) is 0. The molecule has 0 heterocycles. The molecule has 0 saturated heterocycles. The van der Waals surface area contributed by atoms with E-state index in [1.54, 1.807) is 0 Å². The summed E-state index contributed by atoms with van der Waals surface area (Å²) in [6.07, 6.45) is 0. The van der Waals surface area contributed by atoms with Crippen LogP contribution in [0.5, 0.6) is 0 Å². The summed E-state index contributed by atoms with van der Waals surface area (Å²) < 4.78 is 0. The van der Waals surface area contributed by atoms with Crippen molar-refractivity contribution in [2.24, 2.45) is 0 Å². The van der Waals surface area contributed by atoms with Crippen LogP contribution in [0.4, 0.5) is 0 Å². The van der Waals surface area contributed by atoms with Crippen LogP contribution in [0.2, 0.25) is 0 Å². The van der Waals surface area contributed by atoms with Gasteiger partial charge in [-0.1, -0.05) is 40.2 Å². The van der Waals surface area contributed by atoms with Crippen LogP contribution in [0.25, 0.3) is 21.5 Å². The fraction of sp³-hybridized carbons (Fsp3) is 0.176. The Morgan fingerprint density at radius 2 is 1.40 bits per heavy atom. The number of hydrogen-bond donors (Lipinski definition) is 0. The van der Waals surface area contributed by atoms with Crippen molar-refractivity contribution in [1.29, 1.82) is 0 Å². The first kappa shape index (κ1) is 13.4. The first-order valence-electron chi connectivity index (χ1n) is 7.32. The van der Waals surface area contributed by atoms with Gasteiger partial charge in [0, 0.05) is 0 Å². The molecule has 0 spiro atoms. The molecule has 0 unspecified atom stereocenters. The summed E-state index contributed by atoms with van der Waals surface area (Å²) >= 11 is 0. The molecule has 96 valence electrons. The van der Waals surface area contributed by atoms with E-state index in [-0.39, 0.29) is 0 Å². The van der Waals surface area contributed by atoms with Gasteiger partial charge in [-0.15, -0.1) is 0 Å². The third kappa shape index (κ3) is 1.72. The molecule has 3 aromatic carbocycles. The summed E-state index contributed by atoms with van der Waals surface area (Å²) in [7, 11) is 6.68. The zero-order valence-corrected chi connectivity index (χ0v) is 13.3. The van der Waals surface area contributed by atoms with Gasteiger partial charge in [-0.2, -0.15) is 0 Å². The van der Waals surface area contributed by atoms with Gasteiger partial charge in [0.2, 0.25) is 0 Å². The van der Waals surface area contributed by atoms with E-state index in [1.807, 2.05) is 0 Å². The fourth-order valence-corrected chi connectivity index (χ4v) is 3.44. The normalized spacial score (nSPS) is 11.3. The number of aryl methyl sites for hydroxylation is 1. The zero-order chi connectivity index (χ0) is 14.6. The molecule has 0 nitrogen and oxygen atoms in total. The Hall–Kier alpha value is -1.63. The van der Waals surface area contributed by atoms with Crippen molar-refractivity contribution in [2.45, 2.75) is 20.8 Å². The summed E-state index contributed by atoms with van der Waals surface area (Å²) in [6, 6.07) is 9.15. The Bertz CT molecular complexity index is 864. The van der Waals surface area contributed by atoms with Crippen molar-refractivity contribution in [1.82, 2.24) is 0 Å². The standard InChI is InChI=1S/C17H19B3/c1-8-9(2)15-14(16(19)10(8)3)7-11-6-12(18)4-5-13(11)17(15)20/h4-7H,18-20H2,1-3H3. The predicted octanol–water partition coefficient (Wildman–Crippen LogP) is -0.307. The van der Waals surface area contributed by atoms with Gasteiger partial charge in [-0.3, -0.25) is 0 Å². The molecular weight excluding hydrogens is 237 g/mol. The van der Waals surface area contributed by atoms with Crippen LogP contribution < -0.4 is 16.4 Å². The number of fused-ring (bicyclic) bond motifs is 2. The molecule has 3 aromatic rings. The molecule has 0 aliphatic carbocycles. The second-order valence-electron chi connectivity index (χ2n) is 6.15. The third-order valence-electron chi connectivity index (χ3n) is 5.02. The highest BCUT2D eigenvalue weighted by atomic mass is 14.1. The van der Waals surface area contributed by atoms with E-state index in [0.717, 1.165) is 0 Å². The number of rotatable bonds is 0. The lowest BCUT2D eigenvalue weighted by Crippen LogP contribution is -2.18. The van der Waals surface area contributed by atoms with Crippen LogP contribution in [0, 0.1) is 20.8 Å². The summed E-state index contributed by atoms with van der Waals surface area (Å²) in [4.78, 5) is 0. The van der Waals surface area contributed by atoms with Crippen molar-refractivity contribution in [3.8, 4) is 0 Å². The van der Waals surface area contributed by atoms with Crippen LogP contribution in [0.3, 0.4) is 0 Å². The Labute approximate surface area is 123 Å². The molecule has 0 bridgehead atoms. The molecule has 3 heteroatoms. The fourth-order valence-electron chi connectivity index (χ4n) is 3.44. The van der Waals surface area contributed by atoms with E-state index in [4.69, 9.17) is 0 Å². The monoisotopic (exact) mass is 256 g/mol. The van der Waals surface area contributed by atoms with Crippen molar-refractivity contribution < 1.29 is 0 Å². The molecule has 3 rings (SSSR count). The number of hydrogen-bond acceptors (Lipinski definition) is 0. The molecule has 0 saturated carbocycles. The molecule has 0 amide bonds. The molecule has 0 radical (unpaired) electrons. The van der Waals surface area contributed by atoms with Crippen LogP contribution >= 0.6 is 0 Å². The molecule has 20 heavy (non-hydrogen) atoms. The van der Waals surface area contributed by atoms with Gasteiger partial charge in [0.1, 0.15) is 23.5 Å². The molecule has 0 N–H and O–H groups in total. The quantitative estimate of drug-likeness (QED) is 0.382. The first-order valence-corrected chi connectivity index (χ1v) is 7.32. The van der Waals surface area contributed by atoms with Crippen LogP contribution in [0.15, 0.2) is 24.3 Å². The van der Waals surface area contributed by atoms with E-state index in [1.165, 1.54) is 54.6 Å². The van der Waals surface area contributed by atoms with E-state index in [0.29, 0.717) is 0 Å². The van der Waals surface area contributed by atoms with Crippen molar-refractivity contribution in [2.75, 3.05) is 0 Å². The molecule has 0 fully saturated rings. The van der Waals surface area contributed by atoms with Crippen LogP contribution in [0.1, 0.15) is 16.7 Å². The summed E-state index contributed by atoms with van der Waals surface area (Å²) in [6.45, 7) is 6.75. The minimum absolute atomic E-state index is 1.33. The Kier molecular flexibility index (Phi) is 2.97. The smallest absolute Gasteiger partial charge is 0.0883 e. The molecule has 0 aliphatic rings. The lowest BCUT2D eigenvalue weighted by atomic mass is 9.75. The molecule has 0 aromatic heterocycles. The topological polar surface area (TPSA) is 0 Å². The highest BCUT2D eigenvalue weighted by molar-refractivity contribution is 6.49. The average molecular weight is 256 g/mol. The minimum Gasteiger partial charge on any atom is -0.0883 e. The summed E-state index contributed by atoms with van der Waals surface area (Å²) in [5.41, 5.74) is 8.47. The number of benzene rings is 3. The van der Waals surface area contributed by atoms with Gasteiger partial charge in [-0.05, 0) is 59.5 Å². The Morgan fingerprint density at radius 3 is 2.10 bits per heavy atom. The zero-order valence-electron chi connectivity index (χ0n) is 13.3. The van der Waals surface area contributed by atoms with Gasteiger partial charge in [0.15, 0.2) is 0 Å². The SMILES string of the molecule is Bc1ccc2c(B)c3c(C)c(C)c(C)c(B)c3cc2c1. The minimum atomic E-state index is 1.33. The first-order chi connectivity index (χ1) is 9.41. The predicted molar refractivity (Wildman–Crippen MR) is 100 cm³/mol. The Morgan fingerprint density at radius 1 is 0.700 bits per heavy atom. The highest BCUT2D eigenvalue weighted by Gasteiger charge is 2.12. The van der Waals surface area contributed by atoms with Crippen LogP contribution in [-0.2, 0) is 0 Å². The van der Waals surface area contributed by atoms with Gasteiger partial charge < -0.3 is 0 Å². The van der Waals surface area contributed by atoms with Gasteiger partial charge in [0.25, 0.3) is 0 Å². The third-order valence-corrected chi connectivity index (χ3v) is 5.02. The van der Waals surface area contributed by atoms with E-state index in [9.17, 15) is 0 Å². The molecule has 0 aliphatic heterocycles. The maximum absolute atomic E-state index is 2.37.